The highest BCUT2D eigenvalue weighted by Crippen LogP contribution is 2.18. The lowest BCUT2D eigenvalue weighted by Crippen LogP contribution is -2.56. The van der Waals surface area contributed by atoms with E-state index in [1.54, 1.807) is 11.3 Å². The Hall–Kier alpha value is -1.40. The number of nitrogens with one attached hydrogen (secondary N) is 1. The summed E-state index contributed by atoms with van der Waals surface area (Å²) >= 11 is 1.69. The Morgan fingerprint density at radius 2 is 2.13 bits per heavy atom. The number of hydrogen-bond donors (Lipinski definition) is 1. The summed E-state index contributed by atoms with van der Waals surface area (Å²) in [4.78, 5) is 30.2. The van der Waals surface area contributed by atoms with Crippen LogP contribution in [0.1, 0.15) is 38.0 Å². The van der Waals surface area contributed by atoms with Gasteiger partial charge in [-0.3, -0.25) is 14.5 Å². The molecule has 0 unspecified atom stereocenters. The minimum Gasteiger partial charge on any atom is -0.353 e. The quantitative estimate of drug-likeness (QED) is 0.790. The maximum absolute atomic E-state index is 12.6. The Labute approximate surface area is 142 Å². The lowest BCUT2D eigenvalue weighted by Gasteiger charge is -2.35. The number of rotatable bonds is 8. The van der Waals surface area contributed by atoms with Crippen LogP contribution in [0.5, 0.6) is 0 Å². The van der Waals surface area contributed by atoms with Gasteiger partial charge in [0.2, 0.25) is 11.8 Å². The van der Waals surface area contributed by atoms with E-state index in [9.17, 15) is 9.59 Å². The monoisotopic (exact) mass is 337 g/mol. The third-order valence-electron chi connectivity index (χ3n) is 4.09. The lowest BCUT2D eigenvalue weighted by atomic mass is 10.1. The van der Waals surface area contributed by atoms with Crippen molar-refractivity contribution < 1.29 is 9.59 Å². The Balaban J connectivity index is 2.02. The predicted octanol–water partition coefficient (Wildman–Crippen LogP) is 2.09. The van der Waals surface area contributed by atoms with Crippen molar-refractivity contribution in [2.45, 2.75) is 45.7 Å². The molecule has 5 nitrogen and oxygen atoms in total. The maximum Gasteiger partial charge on any atom is 0.237 e. The van der Waals surface area contributed by atoms with Gasteiger partial charge < -0.3 is 10.2 Å². The molecule has 1 aliphatic heterocycles. The molecule has 1 aliphatic rings. The summed E-state index contributed by atoms with van der Waals surface area (Å²) in [5, 5.41) is 4.95. The van der Waals surface area contributed by atoms with Crippen LogP contribution in [0.3, 0.4) is 0 Å². The van der Waals surface area contributed by atoms with Crippen molar-refractivity contribution >= 4 is 23.2 Å². The molecule has 23 heavy (non-hydrogen) atoms. The van der Waals surface area contributed by atoms with Gasteiger partial charge in [-0.15, -0.1) is 11.3 Å². The number of carbonyl (C=O) groups excluding carboxylic acids is 2. The fourth-order valence-corrected chi connectivity index (χ4v) is 3.70. The molecule has 1 atom stereocenters. The standard InChI is InChI=1S/C17H27N3O2S/c1-3-8-19(9-4-2)16(21)12-15-17(22)18-7-10-20(15)13-14-6-5-11-23-14/h5-6,11,15H,3-4,7-10,12-13H2,1-2H3,(H,18,22)/t15-/m1/s1. The topological polar surface area (TPSA) is 52.7 Å². The van der Waals surface area contributed by atoms with Crippen LogP contribution in [0, 0.1) is 0 Å². The number of hydrogen-bond acceptors (Lipinski definition) is 4. The number of thiophene rings is 1. The molecule has 6 heteroatoms. The number of piperazine rings is 1. The van der Waals surface area contributed by atoms with Crippen molar-refractivity contribution in [2.24, 2.45) is 0 Å². The van der Waals surface area contributed by atoms with E-state index >= 15 is 0 Å². The molecule has 0 radical (unpaired) electrons. The smallest absolute Gasteiger partial charge is 0.237 e. The first-order valence-electron chi connectivity index (χ1n) is 8.47. The highest BCUT2D eigenvalue weighted by Gasteiger charge is 2.32. The average molecular weight is 337 g/mol. The third-order valence-corrected chi connectivity index (χ3v) is 4.95. The van der Waals surface area contributed by atoms with Crippen LogP contribution in [0.25, 0.3) is 0 Å². The SMILES string of the molecule is CCCN(CCC)C(=O)C[C@@H]1C(=O)NCCN1Cc1cccs1. The second kappa shape index (κ2) is 9.03. The molecule has 0 spiro atoms. The minimum absolute atomic E-state index is 0.0193. The molecule has 2 amide bonds. The van der Waals surface area contributed by atoms with Crippen LogP contribution in [0.4, 0.5) is 0 Å². The van der Waals surface area contributed by atoms with Gasteiger partial charge in [-0.2, -0.15) is 0 Å². The molecule has 0 saturated carbocycles. The molecule has 2 rings (SSSR count). The van der Waals surface area contributed by atoms with Crippen molar-refractivity contribution in [3.8, 4) is 0 Å². The second-order valence-corrected chi connectivity index (χ2v) is 6.97. The fraction of sp³-hybridized carbons (Fsp3) is 0.647. The van der Waals surface area contributed by atoms with Crippen molar-refractivity contribution in [2.75, 3.05) is 26.2 Å². The van der Waals surface area contributed by atoms with Crippen molar-refractivity contribution in [3.63, 3.8) is 0 Å². The van der Waals surface area contributed by atoms with E-state index in [4.69, 9.17) is 0 Å². The van der Waals surface area contributed by atoms with Gasteiger partial charge in [0.15, 0.2) is 0 Å². The van der Waals surface area contributed by atoms with Crippen LogP contribution in [-0.2, 0) is 16.1 Å². The zero-order chi connectivity index (χ0) is 16.7. The van der Waals surface area contributed by atoms with Crippen LogP contribution in [0.15, 0.2) is 17.5 Å². The van der Waals surface area contributed by atoms with Crippen molar-refractivity contribution in [1.82, 2.24) is 15.1 Å². The van der Waals surface area contributed by atoms with Gasteiger partial charge in [0.25, 0.3) is 0 Å². The summed E-state index contributed by atoms with van der Waals surface area (Å²) in [5.41, 5.74) is 0. The van der Waals surface area contributed by atoms with E-state index in [-0.39, 0.29) is 24.3 Å². The molecule has 1 fully saturated rings. The van der Waals surface area contributed by atoms with Crippen LogP contribution < -0.4 is 5.32 Å². The van der Waals surface area contributed by atoms with Gasteiger partial charge >= 0.3 is 0 Å². The summed E-state index contributed by atoms with van der Waals surface area (Å²) in [7, 11) is 0. The zero-order valence-corrected chi connectivity index (χ0v) is 14.9. The number of amides is 2. The molecule has 0 aromatic carbocycles. The molecule has 0 aliphatic carbocycles. The van der Waals surface area contributed by atoms with Gasteiger partial charge in [-0.05, 0) is 24.3 Å². The van der Waals surface area contributed by atoms with Crippen LogP contribution in [-0.4, -0.2) is 53.8 Å². The Bertz CT molecular complexity index is 498. The van der Waals surface area contributed by atoms with E-state index in [1.807, 2.05) is 16.3 Å². The Morgan fingerprint density at radius 3 is 2.74 bits per heavy atom. The van der Waals surface area contributed by atoms with Crippen LogP contribution >= 0.6 is 11.3 Å². The van der Waals surface area contributed by atoms with Crippen LogP contribution in [0.2, 0.25) is 0 Å². The van der Waals surface area contributed by atoms with Gasteiger partial charge in [0.05, 0.1) is 12.5 Å². The highest BCUT2D eigenvalue weighted by molar-refractivity contribution is 7.09. The molecule has 1 saturated heterocycles. The first kappa shape index (κ1) is 17.9. The highest BCUT2D eigenvalue weighted by atomic mass is 32.1. The summed E-state index contributed by atoms with van der Waals surface area (Å²) in [6.07, 6.45) is 2.17. The Morgan fingerprint density at radius 1 is 1.39 bits per heavy atom. The van der Waals surface area contributed by atoms with E-state index in [0.29, 0.717) is 6.54 Å². The zero-order valence-electron chi connectivity index (χ0n) is 14.1. The second-order valence-electron chi connectivity index (χ2n) is 5.94. The largest absolute Gasteiger partial charge is 0.353 e. The maximum atomic E-state index is 12.6. The molecule has 1 aromatic rings. The number of carbonyl (C=O) groups is 2. The van der Waals surface area contributed by atoms with Crippen molar-refractivity contribution in [3.05, 3.63) is 22.4 Å². The van der Waals surface area contributed by atoms with E-state index in [2.05, 4.69) is 30.1 Å². The first-order chi connectivity index (χ1) is 11.2. The summed E-state index contributed by atoms with van der Waals surface area (Å²) in [6, 6.07) is 3.75. The van der Waals surface area contributed by atoms with Gasteiger partial charge in [-0.25, -0.2) is 0 Å². The van der Waals surface area contributed by atoms with E-state index in [0.717, 1.165) is 39.0 Å². The van der Waals surface area contributed by atoms with Gasteiger partial charge in [0.1, 0.15) is 0 Å². The lowest BCUT2D eigenvalue weighted by molar-refractivity contribution is -0.139. The van der Waals surface area contributed by atoms with E-state index in [1.165, 1.54) is 4.88 Å². The van der Waals surface area contributed by atoms with Gasteiger partial charge in [0, 0.05) is 37.6 Å². The molecular weight excluding hydrogens is 310 g/mol. The molecule has 2 heterocycles. The normalized spacial score (nSPS) is 18.7. The minimum atomic E-state index is -0.352. The molecule has 128 valence electrons. The first-order valence-corrected chi connectivity index (χ1v) is 9.35. The number of nitrogens with zero attached hydrogens (tertiary/aromatic N) is 2. The Kier molecular flexibility index (Phi) is 7.05. The summed E-state index contributed by atoms with van der Waals surface area (Å²) in [5.74, 6) is 0.0704. The third kappa shape index (κ3) is 5.04. The van der Waals surface area contributed by atoms with E-state index < -0.39 is 0 Å². The summed E-state index contributed by atoms with van der Waals surface area (Å²) < 4.78 is 0. The average Bonchev–Trinajstić information content (AvgIpc) is 3.03. The fourth-order valence-electron chi connectivity index (χ4n) is 2.97. The molecule has 1 aromatic heterocycles. The summed E-state index contributed by atoms with van der Waals surface area (Å²) in [6.45, 7) is 7.88. The molecule has 0 bridgehead atoms. The van der Waals surface area contributed by atoms with Gasteiger partial charge in [-0.1, -0.05) is 19.9 Å². The molecular formula is C17H27N3O2S. The van der Waals surface area contributed by atoms with Crippen molar-refractivity contribution in [1.29, 1.82) is 0 Å². The molecule has 1 N–H and O–H groups in total. The predicted molar refractivity (Wildman–Crippen MR) is 93.3 cm³/mol.